The molecular weight excluding hydrogens is 212 g/mol. The Labute approximate surface area is 105 Å². The number of carbonyl (C=O) groups is 1. The fraction of sp³-hybridized carbons (Fsp3) is 0.929. The third-order valence-corrected chi connectivity index (χ3v) is 4.43. The zero-order valence-electron chi connectivity index (χ0n) is 11.1. The molecule has 0 saturated heterocycles. The highest BCUT2D eigenvalue weighted by atomic mass is 16.2. The van der Waals surface area contributed by atoms with Crippen LogP contribution < -0.4 is 10.6 Å². The number of hydrogen-bond acceptors (Lipinski definition) is 1. The monoisotopic (exact) mass is 238 g/mol. The molecule has 0 bridgehead atoms. The van der Waals surface area contributed by atoms with Crippen LogP contribution in [0.5, 0.6) is 0 Å². The van der Waals surface area contributed by atoms with Crippen molar-refractivity contribution in [3.63, 3.8) is 0 Å². The molecule has 0 spiro atoms. The van der Waals surface area contributed by atoms with E-state index in [1.807, 2.05) is 0 Å². The van der Waals surface area contributed by atoms with Gasteiger partial charge in [0.1, 0.15) is 0 Å². The number of carbonyl (C=O) groups excluding carboxylic acids is 1. The minimum absolute atomic E-state index is 0.0451. The van der Waals surface area contributed by atoms with E-state index in [9.17, 15) is 4.79 Å². The minimum Gasteiger partial charge on any atom is -0.338 e. The van der Waals surface area contributed by atoms with Crippen molar-refractivity contribution in [2.75, 3.05) is 6.54 Å². The van der Waals surface area contributed by atoms with E-state index in [-0.39, 0.29) is 6.03 Å². The van der Waals surface area contributed by atoms with Gasteiger partial charge in [-0.2, -0.15) is 0 Å². The Morgan fingerprint density at radius 3 is 2.41 bits per heavy atom. The van der Waals surface area contributed by atoms with E-state index in [0.717, 1.165) is 19.4 Å². The number of nitrogens with one attached hydrogen (secondary N) is 2. The second-order valence-corrected chi connectivity index (χ2v) is 6.18. The Balaban J connectivity index is 1.67. The van der Waals surface area contributed by atoms with E-state index < -0.39 is 0 Å². The van der Waals surface area contributed by atoms with Crippen LogP contribution in [0.2, 0.25) is 0 Å². The first-order valence-corrected chi connectivity index (χ1v) is 7.22. The third-order valence-electron chi connectivity index (χ3n) is 4.43. The molecule has 0 atom stereocenters. The first-order valence-electron chi connectivity index (χ1n) is 7.22. The summed E-state index contributed by atoms with van der Waals surface area (Å²) in [4.78, 5) is 11.8. The van der Waals surface area contributed by atoms with Crippen LogP contribution in [0.15, 0.2) is 0 Å². The van der Waals surface area contributed by atoms with Crippen LogP contribution in [0.1, 0.15) is 64.7 Å². The Kier molecular flexibility index (Phi) is 4.30. The molecule has 3 nitrogen and oxygen atoms in total. The van der Waals surface area contributed by atoms with Gasteiger partial charge in [0.25, 0.3) is 0 Å². The Morgan fingerprint density at radius 1 is 1.12 bits per heavy atom. The normalized spacial score (nSPS) is 24.5. The van der Waals surface area contributed by atoms with Gasteiger partial charge in [0.15, 0.2) is 0 Å². The lowest BCUT2D eigenvalue weighted by molar-refractivity contribution is 0.198. The van der Waals surface area contributed by atoms with Crippen LogP contribution >= 0.6 is 0 Å². The molecular formula is C14H26N2O. The molecule has 0 radical (unpaired) electrons. The van der Waals surface area contributed by atoms with Crippen molar-refractivity contribution in [2.45, 2.75) is 70.8 Å². The number of urea groups is 1. The summed E-state index contributed by atoms with van der Waals surface area (Å²) in [6.45, 7) is 3.15. The SMILES string of the molecule is CC1(CNC(=O)NC2CCCC2)CCCCC1. The molecule has 0 aromatic heterocycles. The Bertz CT molecular complexity index is 253. The van der Waals surface area contributed by atoms with Gasteiger partial charge in [-0.1, -0.05) is 39.0 Å². The lowest BCUT2D eigenvalue weighted by Crippen LogP contribution is -2.45. The molecule has 2 rings (SSSR count). The van der Waals surface area contributed by atoms with E-state index >= 15 is 0 Å². The standard InChI is InChI=1S/C14H26N2O/c1-14(9-5-2-6-10-14)11-15-13(17)16-12-7-3-4-8-12/h12H,2-11H2,1H3,(H2,15,16,17). The molecule has 2 aliphatic carbocycles. The van der Waals surface area contributed by atoms with Gasteiger partial charge in [0.05, 0.1) is 0 Å². The van der Waals surface area contributed by atoms with Crippen molar-refractivity contribution in [3.05, 3.63) is 0 Å². The third kappa shape index (κ3) is 3.90. The van der Waals surface area contributed by atoms with E-state index in [4.69, 9.17) is 0 Å². The van der Waals surface area contributed by atoms with E-state index in [1.165, 1.54) is 44.9 Å². The largest absolute Gasteiger partial charge is 0.338 e. The molecule has 2 fully saturated rings. The van der Waals surface area contributed by atoms with Gasteiger partial charge >= 0.3 is 6.03 Å². The number of rotatable bonds is 3. The molecule has 98 valence electrons. The second kappa shape index (κ2) is 5.74. The van der Waals surface area contributed by atoms with Crippen molar-refractivity contribution in [3.8, 4) is 0 Å². The molecule has 2 N–H and O–H groups in total. The highest BCUT2D eigenvalue weighted by molar-refractivity contribution is 5.74. The van der Waals surface area contributed by atoms with Gasteiger partial charge in [-0.3, -0.25) is 0 Å². The van der Waals surface area contributed by atoms with Gasteiger partial charge in [-0.25, -0.2) is 4.79 Å². The van der Waals surface area contributed by atoms with Crippen LogP contribution in [-0.4, -0.2) is 18.6 Å². The molecule has 2 aliphatic rings. The van der Waals surface area contributed by atoms with Gasteiger partial charge < -0.3 is 10.6 Å². The minimum atomic E-state index is 0.0451. The number of hydrogen-bond donors (Lipinski definition) is 2. The van der Waals surface area contributed by atoms with Crippen molar-refractivity contribution >= 4 is 6.03 Å². The molecule has 0 aromatic rings. The van der Waals surface area contributed by atoms with Crippen LogP contribution in [0.25, 0.3) is 0 Å². The van der Waals surface area contributed by atoms with E-state index in [2.05, 4.69) is 17.6 Å². The average Bonchev–Trinajstić information content (AvgIpc) is 2.80. The molecule has 0 aliphatic heterocycles. The van der Waals surface area contributed by atoms with Crippen molar-refractivity contribution < 1.29 is 4.79 Å². The second-order valence-electron chi connectivity index (χ2n) is 6.18. The lowest BCUT2D eigenvalue weighted by Gasteiger charge is -2.33. The topological polar surface area (TPSA) is 41.1 Å². The van der Waals surface area contributed by atoms with Gasteiger partial charge in [0, 0.05) is 12.6 Å². The molecule has 0 aromatic carbocycles. The predicted octanol–water partition coefficient (Wildman–Crippen LogP) is 3.20. The molecule has 2 saturated carbocycles. The summed E-state index contributed by atoms with van der Waals surface area (Å²) in [6.07, 6.45) is 11.4. The first-order chi connectivity index (χ1) is 8.18. The molecule has 17 heavy (non-hydrogen) atoms. The summed E-state index contributed by atoms with van der Waals surface area (Å²) in [6, 6.07) is 0.470. The van der Waals surface area contributed by atoms with Crippen LogP contribution in [0.4, 0.5) is 4.79 Å². The zero-order chi connectivity index (χ0) is 12.1. The van der Waals surface area contributed by atoms with Crippen molar-refractivity contribution in [2.24, 2.45) is 5.41 Å². The highest BCUT2D eigenvalue weighted by Gasteiger charge is 2.27. The van der Waals surface area contributed by atoms with Gasteiger partial charge in [0.2, 0.25) is 0 Å². The fourth-order valence-corrected chi connectivity index (χ4v) is 3.18. The summed E-state index contributed by atoms with van der Waals surface area (Å²) < 4.78 is 0. The summed E-state index contributed by atoms with van der Waals surface area (Å²) in [7, 11) is 0. The summed E-state index contributed by atoms with van der Waals surface area (Å²) >= 11 is 0. The summed E-state index contributed by atoms with van der Waals surface area (Å²) in [5, 5.41) is 6.16. The van der Waals surface area contributed by atoms with Crippen LogP contribution in [0.3, 0.4) is 0 Å². The smallest absolute Gasteiger partial charge is 0.315 e. The molecule has 3 heteroatoms. The van der Waals surface area contributed by atoms with Crippen molar-refractivity contribution in [1.29, 1.82) is 0 Å². The predicted molar refractivity (Wildman–Crippen MR) is 70.0 cm³/mol. The quantitative estimate of drug-likeness (QED) is 0.779. The fourth-order valence-electron chi connectivity index (χ4n) is 3.18. The highest BCUT2D eigenvalue weighted by Crippen LogP contribution is 2.34. The van der Waals surface area contributed by atoms with E-state index in [1.54, 1.807) is 0 Å². The van der Waals surface area contributed by atoms with Gasteiger partial charge in [-0.05, 0) is 31.1 Å². The Morgan fingerprint density at radius 2 is 1.76 bits per heavy atom. The first kappa shape index (κ1) is 12.7. The van der Waals surface area contributed by atoms with Crippen LogP contribution in [-0.2, 0) is 0 Å². The summed E-state index contributed by atoms with van der Waals surface area (Å²) in [5.74, 6) is 0. The maximum Gasteiger partial charge on any atom is 0.315 e. The van der Waals surface area contributed by atoms with E-state index in [0.29, 0.717) is 11.5 Å². The number of amides is 2. The van der Waals surface area contributed by atoms with Crippen LogP contribution in [0, 0.1) is 5.41 Å². The average molecular weight is 238 g/mol. The Hall–Kier alpha value is -0.730. The molecule has 0 heterocycles. The molecule has 2 amide bonds. The zero-order valence-corrected chi connectivity index (χ0v) is 11.1. The van der Waals surface area contributed by atoms with Gasteiger partial charge in [-0.15, -0.1) is 0 Å². The summed E-state index contributed by atoms with van der Waals surface area (Å²) in [5.41, 5.74) is 0.339. The maximum atomic E-state index is 11.8. The lowest BCUT2D eigenvalue weighted by atomic mass is 9.76. The maximum absolute atomic E-state index is 11.8. The molecule has 0 unspecified atom stereocenters. The van der Waals surface area contributed by atoms with Crippen molar-refractivity contribution in [1.82, 2.24) is 10.6 Å².